The summed E-state index contributed by atoms with van der Waals surface area (Å²) in [5.74, 6) is 0.0655. The summed E-state index contributed by atoms with van der Waals surface area (Å²) in [5, 5.41) is 11.4. The standard InChI is InChI=1S/C26H20ClF3N6O2/c1-15-11-23(34-35(15)14-17-5-3-4-6-20(17)27)33-25(37)19-13-31-36-22(26(28,29)30)12-21(32-24(19)36)16-7-9-18(38-2)10-8-16/h3-13H,14H2,1-2H3,(H,33,34,37). The minimum atomic E-state index is -4.74. The van der Waals surface area contributed by atoms with Crippen LogP contribution in [0.4, 0.5) is 19.0 Å². The van der Waals surface area contributed by atoms with Gasteiger partial charge >= 0.3 is 6.18 Å². The molecule has 8 nitrogen and oxygen atoms in total. The lowest BCUT2D eigenvalue weighted by Gasteiger charge is -2.12. The molecule has 0 aliphatic carbocycles. The maximum Gasteiger partial charge on any atom is 0.433 e. The third-order valence-electron chi connectivity index (χ3n) is 5.89. The highest BCUT2D eigenvalue weighted by Gasteiger charge is 2.36. The second-order valence-corrected chi connectivity index (χ2v) is 8.83. The molecule has 0 aliphatic heterocycles. The number of hydrogen-bond donors (Lipinski definition) is 1. The molecule has 0 fully saturated rings. The first-order valence-corrected chi connectivity index (χ1v) is 11.7. The largest absolute Gasteiger partial charge is 0.497 e. The summed E-state index contributed by atoms with van der Waals surface area (Å²) in [5.41, 5.74) is 0.601. The third kappa shape index (κ3) is 4.92. The summed E-state index contributed by atoms with van der Waals surface area (Å²) < 4.78 is 49.1. The van der Waals surface area contributed by atoms with Crippen LogP contribution in [0.2, 0.25) is 5.02 Å². The SMILES string of the molecule is COc1ccc(-c2cc(C(F)(F)F)n3ncc(C(=O)Nc4cc(C)n(Cc5ccccc5Cl)n4)c3n2)cc1. The average Bonchev–Trinajstić information content (AvgIpc) is 3.47. The van der Waals surface area contributed by atoms with Crippen molar-refractivity contribution in [1.82, 2.24) is 24.4 Å². The molecule has 0 spiro atoms. The van der Waals surface area contributed by atoms with Gasteiger partial charge in [-0.3, -0.25) is 9.48 Å². The van der Waals surface area contributed by atoms with E-state index >= 15 is 0 Å². The molecular formula is C26H20ClF3N6O2. The molecular weight excluding hydrogens is 521 g/mol. The molecule has 2 aromatic carbocycles. The fraction of sp³-hybridized carbons (Fsp3) is 0.154. The number of alkyl halides is 3. The van der Waals surface area contributed by atoms with Gasteiger partial charge in [-0.25, -0.2) is 9.50 Å². The Morgan fingerprint density at radius 3 is 2.53 bits per heavy atom. The Hall–Kier alpha value is -4.38. The van der Waals surface area contributed by atoms with Crippen LogP contribution in [-0.2, 0) is 12.7 Å². The number of amides is 1. The van der Waals surface area contributed by atoms with Crippen LogP contribution in [0.5, 0.6) is 5.75 Å². The van der Waals surface area contributed by atoms with Crippen LogP contribution < -0.4 is 10.1 Å². The van der Waals surface area contributed by atoms with Crippen molar-refractivity contribution < 1.29 is 22.7 Å². The van der Waals surface area contributed by atoms with Crippen LogP contribution in [0.3, 0.4) is 0 Å². The van der Waals surface area contributed by atoms with E-state index in [0.717, 1.165) is 23.5 Å². The molecule has 194 valence electrons. The van der Waals surface area contributed by atoms with Crippen molar-refractivity contribution in [3.05, 3.63) is 94.4 Å². The van der Waals surface area contributed by atoms with E-state index in [1.165, 1.54) is 7.11 Å². The fourth-order valence-corrected chi connectivity index (χ4v) is 4.13. The van der Waals surface area contributed by atoms with Gasteiger partial charge in [0.1, 0.15) is 11.3 Å². The Balaban J connectivity index is 1.49. The lowest BCUT2D eigenvalue weighted by atomic mass is 10.1. The number of anilines is 1. The van der Waals surface area contributed by atoms with E-state index in [4.69, 9.17) is 16.3 Å². The quantitative estimate of drug-likeness (QED) is 0.290. The number of halogens is 4. The summed E-state index contributed by atoms with van der Waals surface area (Å²) in [6.07, 6.45) is -3.69. The maximum absolute atomic E-state index is 13.9. The van der Waals surface area contributed by atoms with E-state index in [-0.39, 0.29) is 22.7 Å². The molecule has 12 heteroatoms. The summed E-state index contributed by atoms with van der Waals surface area (Å²) in [4.78, 5) is 17.5. The molecule has 1 amide bonds. The van der Waals surface area contributed by atoms with Gasteiger partial charge in [0, 0.05) is 22.3 Å². The smallest absolute Gasteiger partial charge is 0.433 e. The van der Waals surface area contributed by atoms with E-state index in [1.54, 1.807) is 41.1 Å². The molecule has 0 bridgehead atoms. The molecule has 0 saturated carbocycles. The van der Waals surface area contributed by atoms with E-state index in [2.05, 4.69) is 20.5 Å². The number of benzene rings is 2. The zero-order valence-corrected chi connectivity index (χ0v) is 20.9. The van der Waals surface area contributed by atoms with Crippen molar-refractivity contribution in [2.24, 2.45) is 0 Å². The Labute approximate surface area is 219 Å². The Morgan fingerprint density at radius 2 is 1.84 bits per heavy atom. The number of methoxy groups -OCH3 is 1. The van der Waals surface area contributed by atoms with Crippen molar-refractivity contribution in [3.63, 3.8) is 0 Å². The summed E-state index contributed by atoms with van der Waals surface area (Å²) >= 11 is 6.24. The van der Waals surface area contributed by atoms with Gasteiger partial charge < -0.3 is 10.1 Å². The predicted molar refractivity (Wildman–Crippen MR) is 135 cm³/mol. The number of aromatic nitrogens is 5. The number of carbonyl (C=O) groups excluding carboxylic acids is 1. The molecule has 0 unspecified atom stereocenters. The maximum atomic E-state index is 13.9. The lowest BCUT2D eigenvalue weighted by molar-refractivity contribution is -0.142. The van der Waals surface area contributed by atoms with Crippen molar-refractivity contribution in [2.75, 3.05) is 12.4 Å². The first kappa shape index (κ1) is 25.3. The van der Waals surface area contributed by atoms with Crippen LogP contribution in [0.15, 0.2) is 66.9 Å². The topological polar surface area (TPSA) is 86.3 Å². The van der Waals surface area contributed by atoms with Gasteiger partial charge in [0.2, 0.25) is 0 Å². The second kappa shape index (κ2) is 9.82. The van der Waals surface area contributed by atoms with Crippen LogP contribution >= 0.6 is 11.6 Å². The molecule has 3 heterocycles. The Bertz CT molecular complexity index is 1640. The van der Waals surface area contributed by atoms with Crippen molar-refractivity contribution in [2.45, 2.75) is 19.6 Å². The first-order valence-electron chi connectivity index (χ1n) is 11.3. The van der Waals surface area contributed by atoms with E-state index in [1.807, 2.05) is 25.1 Å². The molecule has 0 saturated heterocycles. The first-order chi connectivity index (χ1) is 18.1. The van der Waals surface area contributed by atoms with Crippen molar-refractivity contribution >= 4 is 29.0 Å². The lowest BCUT2D eigenvalue weighted by Crippen LogP contribution is -2.16. The number of ether oxygens (including phenoxy) is 1. The van der Waals surface area contributed by atoms with E-state index in [9.17, 15) is 18.0 Å². The molecule has 38 heavy (non-hydrogen) atoms. The van der Waals surface area contributed by atoms with Gasteiger partial charge in [0.25, 0.3) is 5.91 Å². The Morgan fingerprint density at radius 1 is 1.11 bits per heavy atom. The zero-order valence-electron chi connectivity index (χ0n) is 20.1. The number of fused-ring (bicyclic) bond motifs is 1. The van der Waals surface area contributed by atoms with Gasteiger partial charge in [-0.1, -0.05) is 29.8 Å². The zero-order chi connectivity index (χ0) is 27.0. The van der Waals surface area contributed by atoms with E-state index in [0.29, 0.717) is 27.4 Å². The van der Waals surface area contributed by atoms with Crippen LogP contribution in [0.25, 0.3) is 16.9 Å². The molecule has 3 aromatic heterocycles. The minimum Gasteiger partial charge on any atom is -0.497 e. The molecule has 0 atom stereocenters. The third-order valence-corrected chi connectivity index (χ3v) is 6.26. The monoisotopic (exact) mass is 540 g/mol. The van der Waals surface area contributed by atoms with Gasteiger partial charge in [-0.2, -0.15) is 23.4 Å². The summed E-state index contributed by atoms with van der Waals surface area (Å²) in [7, 11) is 1.49. The van der Waals surface area contributed by atoms with Gasteiger partial charge in [-0.05, 0) is 48.9 Å². The van der Waals surface area contributed by atoms with E-state index < -0.39 is 17.8 Å². The van der Waals surface area contributed by atoms with Gasteiger partial charge in [-0.15, -0.1) is 0 Å². The highest BCUT2D eigenvalue weighted by molar-refractivity contribution is 6.31. The van der Waals surface area contributed by atoms with Gasteiger partial charge in [0.05, 0.1) is 25.5 Å². The number of nitrogens with zero attached hydrogens (tertiary/aromatic N) is 5. The molecule has 5 aromatic rings. The average molecular weight is 541 g/mol. The highest BCUT2D eigenvalue weighted by atomic mass is 35.5. The number of rotatable bonds is 6. The van der Waals surface area contributed by atoms with Crippen molar-refractivity contribution in [1.29, 1.82) is 0 Å². The van der Waals surface area contributed by atoms with Gasteiger partial charge in [0.15, 0.2) is 17.2 Å². The summed E-state index contributed by atoms with van der Waals surface area (Å²) in [6.45, 7) is 2.19. The Kier molecular flexibility index (Phi) is 6.53. The fourth-order valence-electron chi connectivity index (χ4n) is 3.94. The normalized spacial score (nSPS) is 11.6. The second-order valence-electron chi connectivity index (χ2n) is 8.42. The van der Waals surface area contributed by atoms with Crippen LogP contribution in [0, 0.1) is 6.92 Å². The van der Waals surface area contributed by atoms with Crippen LogP contribution in [0.1, 0.15) is 27.3 Å². The molecule has 5 rings (SSSR count). The molecule has 0 aliphatic rings. The van der Waals surface area contributed by atoms with Crippen LogP contribution in [-0.4, -0.2) is 37.4 Å². The predicted octanol–water partition coefficient (Wildman–Crippen LogP) is 5.88. The summed E-state index contributed by atoms with van der Waals surface area (Å²) in [6, 6.07) is 16.3. The number of nitrogens with one attached hydrogen (secondary N) is 1. The molecule has 1 N–H and O–H groups in total. The number of carbonyl (C=O) groups is 1. The highest BCUT2D eigenvalue weighted by Crippen LogP contribution is 2.33. The number of hydrogen-bond acceptors (Lipinski definition) is 5. The van der Waals surface area contributed by atoms with Crippen molar-refractivity contribution in [3.8, 4) is 17.0 Å². The minimum absolute atomic E-state index is 0.0295. The number of aryl methyl sites for hydroxylation is 1. The molecule has 0 radical (unpaired) electrons.